The summed E-state index contributed by atoms with van der Waals surface area (Å²) in [4.78, 5) is 10.7. The van der Waals surface area contributed by atoms with Gasteiger partial charge in [-0.3, -0.25) is 4.98 Å². The third-order valence-corrected chi connectivity index (χ3v) is 3.68. The van der Waals surface area contributed by atoms with E-state index in [1.807, 2.05) is 42.7 Å². The smallest absolute Gasteiger partial charge is 0.0909 e. The lowest BCUT2D eigenvalue weighted by Crippen LogP contribution is -2.14. The summed E-state index contributed by atoms with van der Waals surface area (Å²) in [6.07, 6.45) is 6.32. The van der Waals surface area contributed by atoms with Crippen molar-refractivity contribution >= 4 is 23.6 Å². The second kappa shape index (κ2) is 7.23. The molecule has 0 atom stereocenters. The minimum Gasteiger partial charge on any atom is -0.366 e. The largest absolute Gasteiger partial charge is 0.366 e. The summed E-state index contributed by atoms with van der Waals surface area (Å²) in [6, 6.07) is 7.93. The molecule has 110 valence electrons. The van der Waals surface area contributed by atoms with E-state index in [0.29, 0.717) is 5.02 Å². The summed E-state index contributed by atoms with van der Waals surface area (Å²) >= 11 is 6.23. The van der Waals surface area contributed by atoms with Crippen LogP contribution in [0.2, 0.25) is 5.02 Å². The number of halogens is 1. The fourth-order valence-corrected chi connectivity index (χ4v) is 2.24. The first-order valence-electron chi connectivity index (χ1n) is 7.02. The number of hydrogen-bond donors (Lipinski definition) is 0. The van der Waals surface area contributed by atoms with Crippen LogP contribution in [0.3, 0.4) is 0 Å². The maximum atomic E-state index is 6.23. The van der Waals surface area contributed by atoms with E-state index >= 15 is 0 Å². The topological polar surface area (TPSA) is 28.5 Å². The molecule has 2 rings (SSSR count). The molecule has 0 unspecified atom stereocenters. The van der Waals surface area contributed by atoms with E-state index in [2.05, 4.69) is 29.9 Å². The molecule has 0 amide bonds. The Kier molecular flexibility index (Phi) is 5.34. The SMILES string of the molecule is CCN(C)C=Nc1cc(Cl)cc(Cc2cccnc2)c1C. The molecule has 0 aliphatic heterocycles. The number of nitrogens with zero attached hydrogens (tertiary/aromatic N) is 3. The molecule has 0 bridgehead atoms. The highest BCUT2D eigenvalue weighted by Crippen LogP contribution is 2.28. The molecule has 21 heavy (non-hydrogen) atoms. The van der Waals surface area contributed by atoms with E-state index in [0.717, 1.165) is 24.2 Å². The predicted octanol–water partition coefficient (Wildman–Crippen LogP) is 4.25. The summed E-state index contributed by atoms with van der Waals surface area (Å²) in [5.74, 6) is 0. The van der Waals surface area contributed by atoms with Gasteiger partial charge < -0.3 is 4.90 Å². The van der Waals surface area contributed by atoms with Gasteiger partial charge in [-0.15, -0.1) is 0 Å². The monoisotopic (exact) mass is 301 g/mol. The summed E-state index contributed by atoms with van der Waals surface area (Å²) in [5.41, 5.74) is 4.43. The second-order valence-electron chi connectivity index (χ2n) is 5.06. The van der Waals surface area contributed by atoms with Crippen LogP contribution in [0.15, 0.2) is 41.7 Å². The van der Waals surface area contributed by atoms with Crippen molar-refractivity contribution in [3.8, 4) is 0 Å². The average Bonchev–Trinajstić information content (AvgIpc) is 2.49. The standard InChI is InChI=1S/C17H20ClN3/c1-4-21(3)12-20-17-10-16(18)9-15(13(17)2)8-14-6-5-7-19-11-14/h5-7,9-12H,4,8H2,1-3H3. The molecule has 0 aliphatic carbocycles. The molecule has 0 saturated carbocycles. The first-order valence-corrected chi connectivity index (χ1v) is 7.40. The highest BCUT2D eigenvalue weighted by atomic mass is 35.5. The van der Waals surface area contributed by atoms with Crippen LogP contribution in [-0.4, -0.2) is 29.8 Å². The van der Waals surface area contributed by atoms with Gasteiger partial charge in [0.25, 0.3) is 0 Å². The zero-order valence-corrected chi connectivity index (χ0v) is 13.4. The minimum atomic E-state index is 0.714. The van der Waals surface area contributed by atoms with Crippen LogP contribution >= 0.6 is 11.6 Å². The maximum absolute atomic E-state index is 6.23. The van der Waals surface area contributed by atoms with E-state index in [1.54, 1.807) is 6.20 Å². The van der Waals surface area contributed by atoms with Gasteiger partial charge in [0, 0.05) is 31.0 Å². The second-order valence-corrected chi connectivity index (χ2v) is 5.50. The highest BCUT2D eigenvalue weighted by molar-refractivity contribution is 6.31. The quantitative estimate of drug-likeness (QED) is 0.610. The van der Waals surface area contributed by atoms with Crippen LogP contribution in [-0.2, 0) is 6.42 Å². The molecule has 0 N–H and O–H groups in total. The molecule has 0 radical (unpaired) electrons. The van der Waals surface area contributed by atoms with Gasteiger partial charge in [0.05, 0.1) is 12.0 Å². The van der Waals surface area contributed by atoms with Crippen molar-refractivity contribution in [2.45, 2.75) is 20.3 Å². The number of benzene rings is 1. The van der Waals surface area contributed by atoms with Gasteiger partial charge in [-0.1, -0.05) is 17.7 Å². The summed E-state index contributed by atoms with van der Waals surface area (Å²) < 4.78 is 0. The van der Waals surface area contributed by atoms with Crippen LogP contribution in [0.1, 0.15) is 23.6 Å². The Morgan fingerprint density at radius 1 is 1.38 bits per heavy atom. The Morgan fingerprint density at radius 3 is 2.86 bits per heavy atom. The Hall–Kier alpha value is -1.87. The lowest BCUT2D eigenvalue weighted by atomic mass is 10.0. The van der Waals surface area contributed by atoms with Gasteiger partial charge in [-0.25, -0.2) is 4.99 Å². The number of hydrogen-bond acceptors (Lipinski definition) is 2. The van der Waals surface area contributed by atoms with Gasteiger partial charge >= 0.3 is 0 Å². The molecule has 0 aliphatic rings. The molecule has 1 aromatic heterocycles. The first-order chi connectivity index (χ1) is 10.1. The van der Waals surface area contributed by atoms with Crippen LogP contribution in [0.5, 0.6) is 0 Å². The van der Waals surface area contributed by atoms with E-state index in [9.17, 15) is 0 Å². The molecule has 3 nitrogen and oxygen atoms in total. The molecule has 4 heteroatoms. The van der Waals surface area contributed by atoms with Crippen molar-refractivity contribution in [2.24, 2.45) is 4.99 Å². The molecule has 2 aromatic rings. The van der Waals surface area contributed by atoms with E-state index in [4.69, 9.17) is 11.6 Å². The maximum Gasteiger partial charge on any atom is 0.0909 e. The zero-order valence-electron chi connectivity index (χ0n) is 12.7. The Balaban J connectivity index is 2.30. The minimum absolute atomic E-state index is 0.714. The fraction of sp³-hybridized carbons (Fsp3) is 0.294. The lowest BCUT2D eigenvalue weighted by Gasteiger charge is -2.12. The van der Waals surface area contributed by atoms with Crippen LogP contribution in [0.25, 0.3) is 0 Å². The van der Waals surface area contributed by atoms with E-state index in [-0.39, 0.29) is 0 Å². The van der Waals surface area contributed by atoms with Crippen molar-refractivity contribution in [3.05, 3.63) is 58.4 Å². The number of aliphatic imine (C=N–C) groups is 1. The normalized spacial score (nSPS) is 11.0. The molecule has 1 heterocycles. The molecular weight excluding hydrogens is 282 g/mol. The first kappa shape index (κ1) is 15.5. The summed E-state index contributed by atoms with van der Waals surface area (Å²) in [5, 5.41) is 0.714. The van der Waals surface area contributed by atoms with Crippen LogP contribution in [0.4, 0.5) is 5.69 Å². The van der Waals surface area contributed by atoms with Gasteiger partial charge in [-0.2, -0.15) is 0 Å². The third kappa shape index (κ3) is 4.30. The number of pyridine rings is 1. The Bertz CT molecular complexity index is 623. The van der Waals surface area contributed by atoms with Crippen LogP contribution in [0, 0.1) is 6.92 Å². The van der Waals surface area contributed by atoms with Crippen molar-refractivity contribution in [1.29, 1.82) is 0 Å². The van der Waals surface area contributed by atoms with Gasteiger partial charge in [0.15, 0.2) is 0 Å². The fourth-order valence-electron chi connectivity index (χ4n) is 2.00. The Labute approximate surface area is 131 Å². The van der Waals surface area contributed by atoms with Gasteiger partial charge in [0.1, 0.15) is 0 Å². The van der Waals surface area contributed by atoms with Crippen molar-refractivity contribution in [3.63, 3.8) is 0 Å². The van der Waals surface area contributed by atoms with Crippen molar-refractivity contribution in [1.82, 2.24) is 9.88 Å². The highest BCUT2D eigenvalue weighted by Gasteiger charge is 2.07. The molecule has 0 spiro atoms. The molecular formula is C17H20ClN3. The summed E-state index contributed by atoms with van der Waals surface area (Å²) in [7, 11) is 2.00. The third-order valence-electron chi connectivity index (χ3n) is 3.46. The van der Waals surface area contributed by atoms with E-state index < -0.39 is 0 Å². The molecule has 0 fully saturated rings. The van der Waals surface area contributed by atoms with Gasteiger partial charge in [-0.05, 0) is 55.2 Å². The molecule has 1 aromatic carbocycles. The Morgan fingerprint density at radius 2 is 2.19 bits per heavy atom. The van der Waals surface area contributed by atoms with Crippen molar-refractivity contribution in [2.75, 3.05) is 13.6 Å². The van der Waals surface area contributed by atoms with Crippen molar-refractivity contribution < 1.29 is 0 Å². The van der Waals surface area contributed by atoms with Crippen LogP contribution < -0.4 is 0 Å². The predicted molar refractivity (Wildman–Crippen MR) is 89.7 cm³/mol. The summed E-state index contributed by atoms with van der Waals surface area (Å²) in [6.45, 7) is 5.09. The zero-order chi connectivity index (χ0) is 15.2. The number of aromatic nitrogens is 1. The molecule has 0 saturated heterocycles. The lowest BCUT2D eigenvalue weighted by molar-refractivity contribution is 0.552. The number of rotatable bonds is 5. The average molecular weight is 302 g/mol. The van der Waals surface area contributed by atoms with Gasteiger partial charge in [0.2, 0.25) is 0 Å². The van der Waals surface area contributed by atoms with E-state index in [1.165, 1.54) is 11.1 Å².